The van der Waals surface area contributed by atoms with E-state index in [-0.39, 0.29) is 16.9 Å². The minimum Gasteiger partial charge on any atom is -0.273 e. The third kappa shape index (κ3) is 1.96. The van der Waals surface area contributed by atoms with Crippen LogP contribution in [0.5, 0.6) is 0 Å². The zero-order chi connectivity index (χ0) is 11.7. The highest BCUT2D eigenvalue weighted by Crippen LogP contribution is 2.18. The molecule has 0 aliphatic heterocycles. The number of benzene rings is 1. The molecule has 0 fully saturated rings. The Labute approximate surface area is 96.5 Å². The minimum absolute atomic E-state index is 0.203. The summed E-state index contributed by atoms with van der Waals surface area (Å²) in [6.07, 6.45) is 0. The molecule has 0 amide bonds. The number of thiol groups is 1. The molecule has 6 heteroatoms. The smallest absolute Gasteiger partial charge is 0.245 e. The van der Waals surface area contributed by atoms with Gasteiger partial charge in [0.15, 0.2) is 5.82 Å². The topological polar surface area (TPSA) is 47.8 Å². The molecule has 82 valence electrons. The van der Waals surface area contributed by atoms with Crippen LogP contribution in [0.3, 0.4) is 0 Å². The second kappa shape index (κ2) is 4.05. The number of carbonyl (C=O) groups excluding carboxylic acids is 1. The molecule has 2 aromatic rings. The highest BCUT2D eigenvalue weighted by atomic mass is 32.1. The lowest BCUT2D eigenvalue weighted by molar-refractivity contribution is 0.0922. The molecule has 2 rings (SSSR count). The predicted molar refractivity (Wildman–Crippen MR) is 59.0 cm³/mol. The van der Waals surface area contributed by atoms with Gasteiger partial charge in [0.25, 0.3) is 0 Å². The van der Waals surface area contributed by atoms with Crippen molar-refractivity contribution in [1.29, 1.82) is 0 Å². The molecular weight excluding hydrogens is 229 g/mol. The van der Waals surface area contributed by atoms with E-state index in [4.69, 9.17) is 0 Å². The summed E-state index contributed by atoms with van der Waals surface area (Å²) in [5.74, 6) is -0.256. The molecule has 0 bridgehead atoms. The van der Waals surface area contributed by atoms with Crippen LogP contribution < -0.4 is 0 Å². The van der Waals surface area contributed by atoms with Crippen LogP contribution >= 0.6 is 12.6 Å². The van der Waals surface area contributed by atoms with Crippen LogP contribution in [-0.2, 0) is 0 Å². The van der Waals surface area contributed by atoms with Crippen molar-refractivity contribution in [1.82, 2.24) is 14.8 Å². The third-order valence-corrected chi connectivity index (χ3v) is 2.19. The van der Waals surface area contributed by atoms with Gasteiger partial charge in [-0.25, -0.2) is 9.37 Å². The summed E-state index contributed by atoms with van der Waals surface area (Å²) in [7, 11) is 0. The molecule has 0 unspecified atom stereocenters. The van der Waals surface area contributed by atoms with Gasteiger partial charge in [-0.15, -0.1) is 17.7 Å². The van der Waals surface area contributed by atoms with E-state index in [0.717, 1.165) is 4.68 Å². The molecule has 0 radical (unpaired) electrons. The maximum atomic E-state index is 12.7. The third-order valence-electron chi connectivity index (χ3n) is 2.00. The number of aromatic nitrogens is 3. The molecule has 0 N–H and O–H groups in total. The Morgan fingerprint density at radius 3 is 2.56 bits per heavy atom. The van der Waals surface area contributed by atoms with E-state index in [1.165, 1.54) is 31.2 Å². The quantitative estimate of drug-likeness (QED) is 0.772. The van der Waals surface area contributed by atoms with Crippen LogP contribution in [0.4, 0.5) is 4.39 Å². The summed E-state index contributed by atoms with van der Waals surface area (Å²) in [4.78, 5) is 15.3. The standard InChI is InChI=1S/C10H8FN3OS/c1-6(15)14-9(12-10(16)13-14)7-2-4-8(11)5-3-7/h2-5H,1H3,(H,13,16). The van der Waals surface area contributed by atoms with Crippen molar-refractivity contribution in [2.75, 3.05) is 0 Å². The van der Waals surface area contributed by atoms with Crippen molar-refractivity contribution in [3.63, 3.8) is 0 Å². The second-order valence-electron chi connectivity index (χ2n) is 3.17. The van der Waals surface area contributed by atoms with Crippen LogP contribution in [0.25, 0.3) is 11.4 Å². The monoisotopic (exact) mass is 237 g/mol. The normalized spacial score (nSPS) is 10.4. The van der Waals surface area contributed by atoms with E-state index in [1.807, 2.05) is 0 Å². The van der Waals surface area contributed by atoms with Crippen LogP contribution in [0.15, 0.2) is 29.4 Å². The Morgan fingerprint density at radius 2 is 2.00 bits per heavy atom. The lowest BCUT2D eigenvalue weighted by Crippen LogP contribution is -2.09. The van der Waals surface area contributed by atoms with E-state index in [9.17, 15) is 9.18 Å². The Morgan fingerprint density at radius 1 is 1.38 bits per heavy atom. The molecule has 4 nitrogen and oxygen atoms in total. The van der Waals surface area contributed by atoms with Crippen LogP contribution in [-0.4, -0.2) is 20.7 Å². The predicted octanol–water partition coefficient (Wildman–Crippen LogP) is 2.03. The lowest BCUT2D eigenvalue weighted by atomic mass is 10.2. The first kappa shape index (κ1) is 10.8. The second-order valence-corrected chi connectivity index (χ2v) is 3.57. The summed E-state index contributed by atoms with van der Waals surface area (Å²) in [5, 5.41) is 4.04. The number of carbonyl (C=O) groups is 1. The highest BCUT2D eigenvalue weighted by molar-refractivity contribution is 7.80. The highest BCUT2D eigenvalue weighted by Gasteiger charge is 2.13. The summed E-state index contributed by atoms with van der Waals surface area (Å²) in [6.45, 7) is 1.37. The van der Waals surface area contributed by atoms with E-state index < -0.39 is 0 Å². The number of halogens is 1. The van der Waals surface area contributed by atoms with Gasteiger partial charge in [0.2, 0.25) is 11.1 Å². The first-order valence-corrected chi connectivity index (χ1v) is 4.95. The summed E-state index contributed by atoms with van der Waals surface area (Å²) < 4.78 is 13.9. The van der Waals surface area contributed by atoms with Crippen molar-refractivity contribution < 1.29 is 9.18 Å². The molecule has 1 heterocycles. The van der Waals surface area contributed by atoms with Gasteiger partial charge >= 0.3 is 0 Å². The van der Waals surface area contributed by atoms with Crippen molar-refractivity contribution in [2.24, 2.45) is 0 Å². The van der Waals surface area contributed by atoms with Gasteiger partial charge in [0.1, 0.15) is 5.82 Å². The summed E-state index contributed by atoms with van der Waals surface area (Å²) >= 11 is 3.97. The van der Waals surface area contributed by atoms with Gasteiger partial charge in [-0.05, 0) is 24.3 Å². The zero-order valence-corrected chi connectivity index (χ0v) is 9.28. The molecule has 0 saturated heterocycles. The number of rotatable bonds is 1. The fourth-order valence-corrected chi connectivity index (χ4v) is 1.49. The minimum atomic E-state index is -0.344. The maximum absolute atomic E-state index is 12.7. The molecule has 1 aromatic heterocycles. The Bertz CT molecular complexity index is 535. The zero-order valence-electron chi connectivity index (χ0n) is 8.38. The van der Waals surface area contributed by atoms with E-state index in [0.29, 0.717) is 11.4 Å². The average molecular weight is 237 g/mol. The number of hydrogen-bond acceptors (Lipinski definition) is 4. The van der Waals surface area contributed by atoms with E-state index in [2.05, 4.69) is 22.7 Å². The van der Waals surface area contributed by atoms with Gasteiger partial charge in [-0.3, -0.25) is 4.79 Å². The lowest BCUT2D eigenvalue weighted by Gasteiger charge is -2.00. The number of nitrogens with zero attached hydrogens (tertiary/aromatic N) is 3. The van der Waals surface area contributed by atoms with Crippen molar-refractivity contribution in [3.8, 4) is 11.4 Å². The first-order chi connectivity index (χ1) is 7.58. The molecule has 0 aliphatic rings. The fraction of sp³-hybridized carbons (Fsp3) is 0.100. The average Bonchev–Trinajstić information content (AvgIpc) is 2.61. The fourth-order valence-electron chi connectivity index (χ4n) is 1.31. The van der Waals surface area contributed by atoms with Gasteiger partial charge < -0.3 is 0 Å². The molecule has 0 spiro atoms. The first-order valence-electron chi connectivity index (χ1n) is 4.51. The molecule has 0 atom stereocenters. The Balaban J connectivity index is 2.55. The molecule has 16 heavy (non-hydrogen) atoms. The summed E-state index contributed by atoms with van der Waals surface area (Å²) in [6, 6.07) is 5.66. The van der Waals surface area contributed by atoms with Gasteiger partial charge in [-0.2, -0.15) is 4.68 Å². The number of hydrogen-bond donors (Lipinski definition) is 1. The van der Waals surface area contributed by atoms with Crippen molar-refractivity contribution in [3.05, 3.63) is 30.1 Å². The van der Waals surface area contributed by atoms with Crippen LogP contribution in [0.1, 0.15) is 11.7 Å². The van der Waals surface area contributed by atoms with Crippen molar-refractivity contribution in [2.45, 2.75) is 12.1 Å². The van der Waals surface area contributed by atoms with Crippen LogP contribution in [0, 0.1) is 5.82 Å². The Hall–Kier alpha value is -1.69. The maximum Gasteiger partial charge on any atom is 0.245 e. The SMILES string of the molecule is CC(=O)n1nc(S)nc1-c1ccc(F)cc1. The van der Waals surface area contributed by atoms with Crippen molar-refractivity contribution >= 4 is 18.5 Å². The molecule has 1 aromatic carbocycles. The summed E-state index contributed by atoms with van der Waals surface area (Å²) in [5.41, 5.74) is 0.615. The largest absolute Gasteiger partial charge is 0.273 e. The molecular formula is C10H8FN3OS. The van der Waals surface area contributed by atoms with Gasteiger partial charge in [-0.1, -0.05) is 0 Å². The van der Waals surface area contributed by atoms with E-state index >= 15 is 0 Å². The van der Waals surface area contributed by atoms with Gasteiger partial charge in [0.05, 0.1) is 0 Å². The van der Waals surface area contributed by atoms with Gasteiger partial charge in [0, 0.05) is 12.5 Å². The van der Waals surface area contributed by atoms with Crippen LogP contribution in [0.2, 0.25) is 0 Å². The van der Waals surface area contributed by atoms with E-state index in [1.54, 1.807) is 0 Å². The molecule has 0 aliphatic carbocycles. The Kier molecular flexibility index (Phi) is 2.74. The molecule has 0 saturated carbocycles.